The molecule has 8 nitrogen and oxygen atoms in total. The van der Waals surface area contributed by atoms with Gasteiger partial charge in [0.1, 0.15) is 22.9 Å². The average molecular weight is 468 g/mol. The predicted octanol–water partition coefficient (Wildman–Crippen LogP) is 3.30. The van der Waals surface area contributed by atoms with Gasteiger partial charge in [0.2, 0.25) is 0 Å². The molecule has 1 saturated heterocycles. The molecule has 5 rings (SSSR count). The number of nitrogens with one attached hydrogen (secondary N) is 1. The van der Waals surface area contributed by atoms with Crippen LogP contribution in [0, 0.1) is 0 Å². The SMILES string of the molecule is CCCOc1cccc(C2c3c(-c4ccccc4O)n[nH]c3C(=O)N2C2CCS(=O)(=O)C2)c1. The van der Waals surface area contributed by atoms with Crippen molar-refractivity contribution >= 4 is 15.7 Å². The first-order valence-corrected chi connectivity index (χ1v) is 12.8. The zero-order valence-electron chi connectivity index (χ0n) is 18.2. The topological polar surface area (TPSA) is 113 Å². The first kappa shape index (κ1) is 21.5. The summed E-state index contributed by atoms with van der Waals surface area (Å²) in [7, 11) is -3.21. The van der Waals surface area contributed by atoms with E-state index in [2.05, 4.69) is 10.2 Å². The lowest BCUT2D eigenvalue weighted by molar-refractivity contribution is 0.0677. The Bertz CT molecular complexity index is 1320. The van der Waals surface area contributed by atoms with Crippen LogP contribution in [-0.2, 0) is 9.84 Å². The number of carbonyl (C=O) groups excluding carboxylic acids is 1. The van der Waals surface area contributed by atoms with E-state index in [1.54, 1.807) is 29.2 Å². The third-order valence-electron chi connectivity index (χ3n) is 6.21. The van der Waals surface area contributed by atoms with E-state index in [-0.39, 0.29) is 23.2 Å². The number of hydrogen-bond donors (Lipinski definition) is 2. The number of benzene rings is 2. The number of para-hydroxylation sites is 1. The van der Waals surface area contributed by atoms with Crippen molar-refractivity contribution in [1.29, 1.82) is 0 Å². The highest BCUT2D eigenvalue weighted by molar-refractivity contribution is 7.91. The summed E-state index contributed by atoms with van der Waals surface area (Å²) in [5, 5.41) is 17.7. The minimum absolute atomic E-state index is 0.0555. The molecule has 2 atom stereocenters. The van der Waals surface area contributed by atoms with Gasteiger partial charge in [0.05, 0.1) is 24.2 Å². The minimum Gasteiger partial charge on any atom is -0.507 e. The van der Waals surface area contributed by atoms with Crippen molar-refractivity contribution in [2.45, 2.75) is 31.8 Å². The minimum atomic E-state index is -3.21. The molecule has 1 fully saturated rings. The van der Waals surface area contributed by atoms with Crippen LogP contribution in [0.4, 0.5) is 0 Å². The van der Waals surface area contributed by atoms with E-state index < -0.39 is 21.9 Å². The number of ether oxygens (including phenoxy) is 1. The molecule has 172 valence electrons. The lowest BCUT2D eigenvalue weighted by atomic mass is 9.95. The van der Waals surface area contributed by atoms with Gasteiger partial charge in [-0.05, 0) is 42.7 Å². The van der Waals surface area contributed by atoms with Crippen LogP contribution < -0.4 is 4.74 Å². The molecule has 9 heteroatoms. The maximum atomic E-state index is 13.5. The molecule has 0 radical (unpaired) electrons. The van der Waals surface area contributed by atoms with E-state index in [0.29, 0.717) is 41.3 Å². The van der Waals surface area contributed by atoms with Crippen molar-refractivity contribution in [1.82, 2.24) is 15.1 Å². The third kappa shape index (κ3) is 3.76. The second-order valence-corrected chi connectivity index (χ2v) is 10.7. The van der Waals surface area contributed by atoms with Crippen LogP contribution in [0.1, 0.15) is 47.4 Å². The molecule has 1 amide bonds. The maximum absolute atomic E-state index is 13.5. The Morgan fingerprint density at radius 2 is 2.03 bits per heavy atom. The summed E-state index contributed by atoms with van der Waals surface area (Å²) in [6.45, 7) is 2.59. The number of H-pyrrole nitrogens is 1. The van der Waals surface area contributed by atoms with E-state index in [4.69, 9.17) is 4.74 Å². The van der Waals surface area contributed by atoms with Crippen LogP contribution in [0.5, 0.6) is 11.5 Å². The quantitative estimate of drug-likeness (QED) is 0.575. The summed E-state index contributed by atoms with van der Waals surface area (Å²) in [5.74, 6) is 0.449. The summed E-state index contributed by atoms with van der Waals surface area (Å²) < 4.78 is 30.3. The molecule has 33 heavy (non-hydrogen) atoms. The van der Waals surface area contributed by atoms with Gasteiger partial charge < -0.3 is 14.7 Å². The van der Waals surface area contributed by atoms with E-state index in [9.17, 15) is 18.3 Å². The second-order valence-electron chi connectivity index (χ2n) is 8.47. The highest BCUT2D eigenvalue weighted by atomic mass is 32.2. The zero-order chi connectivity index (χ0) is 23.2. The van der Waals surface area contributed by atoms with Gasteiger partial charge in [-0.15, -0.1) is 0 Å². The van der Waals surface area contributed by atoms with Gasteiger partial charge in [-0.1, -0.05) is 31.2 Å². The molecule has 2 aliphatic heterocycles. The predicted molar refractivity (Wildman–Crippen MR) is 123 cm³/mol. The van der Waals surface area contributed by atoms with E-state index in [1.165, 1.54) is 0 Å². The number of aromatic nitrogens is 2. The van der Waals surface area contributed by atoms with Gasteiger partial charge in [-0.3, -0.25) is 9.89 Å². The van der Waals surface area contributed by atoms with Gasteiger partial charge in [0.15, 0.2) is 9.84 Å². The van der Waals surface area contributed by atoms with Gasteiger partial charge in [0, 0.05) is 17.2 Å². The third-order valence-corrected chi connectivity index (χ3v) is 7.96. The highest BCUT2D eigenvalue weighted by Crippen LogP contribution is 2.46. The van der Waals surface area contributed by atoms with Crippen molar-refractivity contribution in [3.05, 3.63) is 65.4 Å². The standard InChI is InChI=1S/C24H25N3O5S/c1-2-11-32-17-7-5-6-15(13-17)23-20-21(18-8-3-4-9-19(18)28)25-26-22(20)24(29)27(23)16-10-12-33(30,31)14-16/h3-9,13,16,23,28H,2,10-12,14H2,1H3,(H,25,26). The van der Waals surface area contributed by atoms with Crippen LogP contribution in [-0.4, -0.2) is 58.7 Å². The number of hydrogen-bond acceptors (Lipinski definition) is 6. The number of aromatic amines is 1. The van der Waals surface area contributed by atoms with Crippen LogP contribution in [0.3, 0.4) is 0 Å². The number of aromatic hydroxyl groups is 1. The zero-order valence-corrected chi connectivity index (χ0v) is 19.0. The molecular formula is C24H25N3O5S. The van der Waals surface area contributed by atoms with Gasteiger partial charge >= 0.3 is 0 Å². The fraction of sp³-hybridized carbons (Fsp3) is 0.333. The maximum Gasteiger partial charge on any atom is 0.273 e. The number of phenols is 1. The number of rotatable bonds is 6. The van der Waals surface area contributed by atoms with Gasteiger partial charge in [-0.25, -0.2) is 8.42 Å². The normalized spacial score (nSPS) is 21.4. The summed E-state index contributed by atoms with van der Waals surface area (Å²) in [5.41, 5.74) is 2.75. The lowest BCUT2D eigenvalue weighted by Crippen LogP contribution is -2.40. The number of nitrogens with zero attached hydrogens (tertiary/aromatic N) is 2. The van der Waals surface area contributed by atoms with Crippen LogP contribution >= 0.6 is 0 Å². The Hall–Kier alpha value is -3.33. The molecule has 1 aromatic heterocycles. The van der Waals surface area contributed by atoms with Gasteiger partial charge in [0.25, 0.3) is 5.91 Å². The van der Waals surface area contributed by atoms with Crippen molar-refractivity contribution in [3.8, 4) is 22.8 Å². The van der Waals surface area contributed by atoms with Crippen LogP contribution in [0.25, 0.3) is 11.3 Å². The van der Waals surface area contributed by atoms with E-state index in [1.807, 2.05) is 31.2 Å². The first-order chi connectivity index (χ1) is 15.9. The second kappa shape index (κ2) is 8.22. The fourth-order valence-electron chi connectivity index (χ4n) is 4.74. The van der Waals surface area contributed by atoms with E-state index >= 15 is 0 Å². The molecule has 3 heterocycles. The Morgan fingerprint density at radius 3 is 2.76 bits per heavy atom. The number of amides is 1. The molecule has 2 aromatic carbocycles. The summed E-state index contributed by atoms with van der Waals surface area (Å²) in [6, 6.07) is 13.4. The van der Waals surface area contributed by atoms with E-state index in [0.717, 1.165) is 12.0 Å². The van der Waals surface area contributed by atoms with Crippen LogP contribution in [0.15, 0.2) is 48.5 Å². The molecule has 0 saturated carbocycles. The Kier molecular flexibility index (Phi) is 5.36. The Balaban J connectivity index is 1.66. The summed E-state index contributed by atoms with van der Waals surface area (Å²) >= 11 is 0. The smallest absolute Gasteiger partial charge is 0.273 e. The molecule has 2 unspecified atom stereocenters. The number of sulfone groups is 1. The Morgan fingerprint density at radius 1 is 1.21 bits per heavy atom. The van der Waals surface area contributed by atoms with Crippen molar-refractivity contribution in [3.63, 3.8) is 0 Å². The average Bonchev–Trinajstić information content (AvgIpc) is 3.46. The summed E-state index contributed by atoms with van der Waals surface area (Å²) in [6.07, 6.45) is 1.25. The molecular weight excluding hydrogens is 442 g/mol. The molecule has 2 aliphatic rings. The highest BCUT2D eigenvalue weighted by Gasteiger charge is 2.48. The molecule has 0 aliphatic carbocycles. The summed E-state index contributed by atoms with van der Waals surface area (Å²) in [4.78, 5) is 15.2. The lowest BCUT2D eigenvalue weighted by Gasteiger charge is -2.31. The van der Waals surface area contributed by atoms with Gasteiger partial charge in [-0.2, -0.15) is 5.10 Å². The molecule has 3 aromatic rings. The molecule has 2 N–H and O–H groups in total. The Labute approximate surface area is 192 Å². The van der Waals surface area contributed by atoms with Crippen molar-refractivity contribution in [2.75, 3.05) is 18.1 Å². The number of phenolic OH excluding ortho intramolecular Hbond substituents is 1. The van der Waals surface area contributed by atoms with Crippen molar-refractivity contribution in [2.24, 2.45) is 0 Å². The number of fused-ring (bicyclic) bond motifs is 1. The molecule has 0 bridgehead atoms. The first-order valence-electron chi connectivity index (χ1n) is 11.0. The van der Waals surface area contributed by atoms with Crippen molar-refractivity contribution < 1.29 is 23.1 Å². The monoisotopic (exact) mass is 467 g/mol. The molecule has 0 spiro atoms. The fourth-order valence-corrected chi connectivity index (χ4v) is 6.45. The number of carbonyl (C=O) groups is 1. The largest absolute Gasteiger partial charge is 0.507 e. The van der Waals surface area contributed by atoms with Crippen LogP contribution in [0.2, 0.25) is 0 Å².